The number of hydrogen-bond acceptors (Lipinski definition) is 4. The number of carboxylic acid groups (broad SMARTS) is 1. The standard InChI is InChI=1S/C21H24F2N4O4/c1-13-11-26(20(30)31)18-7-15(16-10-24-25(12-16)4-5-28)2-3-17(18)27(13)19(29)6-14-8-21(22,23)9-14/h2-3,7,10,12-14,28H,4-6,8-9,11H2,1H3,(H,30,31)/t13-/m0/s1. The molecule has 1 atom stereocenters. The summed E-state index contributed by atoms with van der Waals surface area (Å²) in [5.74, 6) is -3.32. The second-order valence-electron chi connectivity index (χ2n) is 8.26. The summed E-state index contributed by atoms with van der Waals surface area (Å²) < 4.78 is 27.9. The molecule has 2 amide bonds. The predicted octanol–water partition coefficient (Wildman–Crippen LogP) is 3.20. The van der Waals surface area contributed by atoms with Crippen molar-refractivity contribution in [3.8, 4) is 11.1 Å². The number of rotatable bonds is 5. The molecular formula is C21H24F2N4O4. The number of aromatic nitrogens is 2. The Morgan fingerprint density at radius 2 is 1.97 bits per heavy atom. The zero-order valence-corrected chi connectivity index (χ0v) is 17.0. The zero-order valence-electron chi connectivity index (χ0n) is 17.0. The maximum absolute atomic E-state index is 13.2. The highest BCUT2D eigenvalue weighted by molar-refractivity contribution is 6.03. The molecule has 10 heteroatoms. The summed E-state index contributed by atoms with van der Waals surface area (Å²) in [6.07, 6.45) is 1.67. The number of hydrogen-bond donors (Lipinski definition) is 2. The van der Waals surface area contributed by atoms with Crippen LogP contribution in [0.5, 0.6) is 0 Å². The average Bonchev–Trinajstić information content (AvgIpc) is 3.14. The highest BCUT2D eigenvalue weighted by Crippen LogP contribution is 2.45. The van der Waals surface area contributed by atoms with E-state index in [9.17, 15) is 23.5 Å². The molecule has 31 heavy (non-hydrogen) atoms. The molecule has 2 aromatic rings. The van der Waals surface area contributed by atoms with Gasteiger partial charge in [0.05, 0.1) is 36.8 Å². The number of nitrogens with zero attached hydrogens (tertiary/aromatic N) is 4. The number of benzene rings is 1. The van der Waals surface area contributed by atoms with E-state index >= 15 is 0 Å². The number of halogens is 2. The van der Waals surface area contributed by atoms with Gasteiger partial charge in [-0.2, -0.15) is 5.10 Å². The minimum Gasteiger partial charge on any atom is -0.465 e. The lowest BCUT2D eigenvalue weighted by Gasteiger charge is -2.42. The van der Waals surface area contributed by atoms with Gasteiger partial charge in [0.15, 0.2) is 0 Å². The smallest absolute Gasteiger partial charge is 0.411 e. The second kappa shape index (κ2) is 7.92. The van der Waals surface area contributed by atoms with Crippen molar-refractivity contribution < 1.29 is 28.6 Å². The molecule has 0 saturated heterocycles. The second-order valence-corrected chi connectivity index (χ2v) is 8.26. The molecule has 1 aliphatic heterocycles. The van der Waals surface area contributed by atoms with Crippen LogP contribution in [-0.4, -0.2) is 57.1 Å². The lowest BCUT2D eigenvalue weighted by Crippen LogP contribution is -2.52. The fourth-order valence-corrected chi connectivity index (χ4v) is 4.38. The van der Waals surface area contributed by atoms with Gasteiger partial charge >= 0.3 is 6.09 Å². The highest BCUT2D eigenvalue weighted by atomic mass is 19.3. The number of alkyl halides is 2. The lowest BCUT2D eigenvalue weighted by molar-refractivity contribution is -0.132. The zero-order chi connectivity index (χ0) is 22.3. The van der Waals surface area contributed by atoms with Crippen LogP contribution < -0.4 is 9.80 Å². The maximum Gasteiger partial charge on any atom is 0.411 e. The van der Waals surface area contributed by atoms with Crippen molar-refractivity contribution in [3.63, 3.8) is 0 Å². The lowest BCUT2D eigenvalue weighted by atomic mass is 9.79. The van der Waals surface area contributed by atoms with Crippen molar-refractivity contribution in [2.45, 2.75) is 44.7 Å². The van der Waals surface area contributed by atoms with Gasteiger partial charge in [-0.1, -0.05) is 6.07 Å². The summed E-state index contributed by atoms with van der Waals surface area (Å²) in [7, 11) is 0. The third-order valence-electron chi connectivity index (χ3n) is 5.85. The minimum absolute atomic E-state index is 0.0160. The van der Waals surface area contributed by atoms with Gasteiger partial charge in [-0.05, 0) is 30.5 Å². The first-order chi connectivity index (χ1) is 14.7. The number of anilines is 2. The molecule has 1 aromatic carbocycles. The highest BCUT2D eigenvalue weighted by Gasteiger charge is 2.47. The van der Waals surface area contributed by atoms with Crippen molar-refractivity contribution in [2.75, 3.05) is 23.0 Å². The topological polar surface area (TPSA) is 98.9 Å². The Labute approximate surface area is 177 Å². The third-order valence-corrected chi connectivity index (χ3v) is 5.85. The third kappa shape index (κ3) is 4.12. The van der Waals surface area contributed by atoms with E-state index in [-0.39, 0.29) is 44.2 Å². The van der Waals surface area contributed by atoms with Crippen LogP contribution in [0.15, 0.2) is 30.6 Å². The van der Waals surface area contributed by atoms with Gasteiger partial charge in [-0.3, -0.25) is 14.4 Å². The van der Waals surface area contributed by atoms with Gasteiger partial charge in [0.25, 0.3) is 0 Å². The van der Waals surface area contributed by atoms with E-state index in [2.05, 4.69) is 5.10 Å². The van der Waals surface area contributed by atoms with Crippen LogP contribution in [0, 0.1) is 5.92 Å². The summed E-state index contributed by atoms with van der Waals surface area (Å²) in [5, 5.41) is 22.9. The summed E-state index contributed by atoms with van der Waals surface area (Å²) >= 11 is 0. The summed E-state index contributed by atoms with van der Waals surface area (Å²) in [5.41, 5.74) is 2.28. The number of aliphatic hydroxyl groups excluding tert-OH is 1. The molecule has 0 radical (unpaired) electrons. The van der Waals surface area contributed by atoms with Crippen LogP contribution in [0.1, 0.15) is 26.2 Å². The molecule has 166 valence electrons. The SMILES string of the molecule is C[C@H]1CN(C(=O)O)c2cc(-c3cnn(CCO)c3)ccc2N1C(=O)CC1CC(F)(F)C1. The Bertz CT molecular complexity index is 1000. The van der Waals surface area contributed by atoms with Crippen molar-refractivity contribution in [1.29, 1.82) is 0 Å². The van der Waals surface area contributed by atoms with E-state index < -0.39 is 18.1 Å². The molecule has 8 nitrogen and oxygen atoms in total. The van der Waals surface area contributed by atoms with E-state index in [1.165, 1.54) is 9.80 Å². The summed E-state index contributed by atoms with van der Waals surface area (Å²) in [4.78, 5) is 27.6. The molecule has 0 bridgehead atoms. The van der Waals surface area contributed by atoms with Gasteiger partial charge in [0.1, 0.15) is 0 Å². The minimum atomic E-state index is -2.69. The van der Waals surface area contributed by atoms with E-state index in [1.807, 2.05) is 0 Å². The Morgan fingerprint density at radius 3 is 2.61 bits per heavy atom. The van der Waals surface area contributed by atoms with Crippen LogP contribution in [0.2, 0.25) is 0 Å². The fraction of sp³-hybridized carbons (Fsp3) is 0.476. The predicted molar refractivity (Wildman–Crippen MR) is 109 cm³/mol. The molecule has 1 saturated carbocycles. The molecular weight excluding hydrogens is 410 g/mol. The van der Waals surface area contributed by atoms with Gasteiger partial charge < -0.3 is 15.1 Å². The molecule has 4 rings (SSSR count). The van der Waals surface area contributed by atoms with E-state index in [1.54, 1.807) is 42.2 Å². The molecule has 1 aromatic heterocycles. The van der Waals surface area contributed by atoms with E-state index in [4.69, 9.17) is 5.11 Å². The molecule has 2 heterocycles. The van der Waals surface area contributed by atoms with Gasteiger partial charge in [-0.15, -0.1) is 0 Å². The van der Waals surface area contributed by atoms with E-state index in [0.717, 1.165) is 11.1 Å². The number of amides is 2. The Balaban J connectivity index is 1.65. The molecule has 0 unspecified atom stereocenters. The first kappa shape index (κ1) is 21.2. The quantitative estimate of drug-likeness (QED) is 0.753. The van der Waals surface area contributed by atoms with Crippen molar-refractivity contribution in [2.24, 2.45) is 5.92 Å². The van der Waals surface area contributed by atoms with Gasteiger partial charge in [0, 0.05) is 37.6 Å². The Morgan fingerprint density at radius 1 is 1.23 bits per heavy atom. The molecule has 1 aliphatic carbocycles. The van der Waals surface area contributed by atoms with Crippen LogP contribution in [-0.2, 0) is 11.3 Å². The van der Waals surface area contributed by atoms with Gasteiger partial charge in [-0.25, -0.2) is 13.6 Å². The largest absolute Gasteiger partial charge is 0.465 e. The van der Waals surface area contributed by atoms with Crippen molar-refractivity contribution in [3.05, 3.63) is 30.6 Å². The molecule has 1 fully saturated rings. The van der Waals surface area contributed by atoms with Crippen molar-refractivity contribution in [1.82, 2.24) is 9.78 Å². The molecule has 0 spiro atoms. The first-order valence-corrected chi connectivity index (χ1v) is 10.2. The number of carbonyl (C=O) groups is 2. The van der Waals surface area contributed by atoms with Crippen LogP contribution in [0.4, 0.5) is 25.0 Å². The monoisotopic (exact) mass is 434 g/mol. The Hall–Kier alpha value is -3.01. The fourth-order valence-electron chi connectivity index (χ4n) is 4.38. The molecule has 2 N–H and O–H groups in total. The normalized spacial score (nSPS) is 20.3. The molecule has 2 aliphatic rings. The van der Waals surface area contributed by atoms with Crippen molar-refractivity contribution >= 4 is 23.4 Å². The van der Waals surface area contributed by atoms with Crippen LogP contribution >= 0.6 is 0 Å². The van der Waals surface area contributed by atoms with Crippen LogP contribution in [0.3, 0.4) is 0 Å². The average molecular weight is 434 g/mol. The number of fused-ring (bicyclic) bond motifs is 1. The summed E-state index contributed by atoms with van der Waals surface area (Å²) in [6, 6.07) is 4.73. The maximum atomic E-state index is 13.2. The van der Waals surface area contributed by atoms with E-state index in [0.29, 0.717) is 17.9 Å². The number of aliphatic hydroxyl groups is 1. The Kier molecular flexibility index (Phi) is 5.42. The summed E-state index contributed by atoms with van der Waals surface area (Å²) in [6.45, 7) is 2.12. The first-order valence-electron chi connectivity index (χ1n) is 10.2. The van der Waals surface area contributed by atoms with Crippen LogP contribution in [0.25, 0.3) is 11.1 Å². The number of carbonyl (C=O) groups excluding carboxylic acids is 1. The van der Waals surface area contributed by atoms with Gasteiger partial charge in [0.2, 0.25) is 11.8 Å².